The van der Waals surface area contributed by atoms with Crippen molar-refractivity contribution in [3.63, 3.8) is 0 Å². The van der Waals surface area contributed by atoms with Crippen molar-refractivity contribution >= 4 is 65.2 Å². The summed E-state index contributed by atoms with van der Waals surface area (Å²) in [6, 6.07) is 54.0. The molecular weight excluding hydrogens is 665 g/mol. The van der Waals surface area contributed by atoms with E-state index in [0.29, 0.717) is 0 Å². The quantitative estimate of drug-likeness (QED) is 0.146. The lowest BCUT2D eigenvalue weighted by atomic mass is 9.82. The first kappa shape index (κ1) is 33.2. The SMILES string of the molecule is C1=CCCC(CCC(Nc2ccc(NC3C=CC=CC3c3cc4ccccc4c4ccc5ccccc5c34)cc2)c2cc3ccccc3c3ccccc23)=C1. The molecule has 0 saturated heterocycles. The first-order chi connectivity index (χ1) is 27.3. The van der Waals surface area contributed by atoms with Crippen molar-refractivity contribution in [1.82, 2.24) is 0 Å². The van der Waals surface area contributed by atoms with Crippen LogP contribution in [0.2, 0.25) is 0 Å². The maximum atomic E-state index is 4.01. The lowest BCUT2D eigenvalue weighted by molar-refractivity contribution is 0.676. The van der Waals surface area contributed by atoms with E-state index in [0.717, 1.165) is 37.1 Å². The highest BCUT2D eigenvalue weighted by molar-refractivity contribution is 6.19. The van der Waals surface area contributed by atoms with Crippen LogP contribution in [0.3, 0.4) is 0 Å². The molecule has 0 heterocycles. The molecule has 0 saturated carbocycles. The van der Waals surface area contributed by atoms with Crippen molar-refractivity contribution in [1.29, 1.82) is 0 Å². The fraction of sp³-hybridized carbons (Fsp3) is 0.132. The van der Waals surface area contributed by atoms with Gasteiger partial charge in [0.25, 0.3) is 0 Å². The van der Waals surface area contributed by atoms with E-state index in [-0.39, 0.29) is 18.0 Å². The topological polar surface area (TPSA) is 24.1 Å². The van der Waals surface area contributed by atoms with Gasteiger partial charge in [0, 0.05) is 17.3 Å². The van der Waals surface area contributed by atoms with Crippen molar-refractivity contribution in [3.8, 4) is 0 Å². The van der Waals surface area contributed by atoms with E-state index < -0.39 is 0 Å². The molecule has 0 aliphatic heterocycles. The van der Waals surface area contributed by atoms with Gasteiger partial charge in [0.2, 0.25) is 0 Å². The Kier molecular flexibility index (Phi) is 8.73. The molecule has 266 valence electrons. The summed E-state index contributed by atoms with van der Waals surface area (Å²) in [6.07, 6.45) is 20.3. The van der Waals surface area contributed by atoms with E-state index in [1.807, 2.05) is 0 Å². The summed E-state index contributed by atoms with van der Waals surface area (Å²) in [7, 11) is 0. The molecule has 55 heavy (non-hydrogen) atoms. The largest absolute Gasteiger partial charge is 0.378 e. The predicted octanol–water partition coefficient (Wildman–Crippen LogP) is 14.4. The molecule has 8 aromatic rings. The fourth-order valence-corrected chi connectivity index (χ4v) is 9.14. The van der Waals surface area contributed by atoms with Gasteiger partial charge in [-0.3, -0.25) is 0 Å². The fourth-order valence-electron chi connectivity index (χ4n) is 9.14. The zero-order valence-electron chi connectivity index (χ0n) is 31.0. The maximum absolute atomic E-state index is 4.01. The molecule has 2 heteroatoms. The first-order valence-electron chi connectivity index (χ1n) is 19.8. The van der Waals surface area contributed by atoms with Gasteiger partial charge in [0.15, 0.2) is 0 Å². The number of nitrogens with one attached hydrogen (secondary N) is 2. The minimum absolute atomic E-state index is 0.0988. The number of benzene rings is 8. The van der Waals surface area contributed by atoms with E-state index >= 15 is 0 Å². The number of rotatable bonds is 9. The van der Waals surface area contributed by atoms with Gasteiger partial charge in [-0.2, -0.15) is 0 Å². The molecule has 0 radical (unpaired) electrons. The van der Waals surface area contributed by atoms with Gasteiger partial charge in [0.1, 0.15) is 0 Å². The summed E-state index contributed by atoms with van der Waals surface area (Å²) < 4.78 is 0. The van der Waals surface area contributed by atoms with Gasteiger partial charge in [-0.25, -0.2) is 0 Å². The minimum Gasteiger partial charge on any atom is -0.378 e. The predicted molar refractivity (Wildman–Crippen MR) is 237 cm³/mol. The highest BCUT2D eigenvalue weighted by Crippen LogP contribution is 2.41. The average molecular weight is 709 g/mol. The van der Waals surface area contributed by atoms with Crippen LogP contribution < -0.4 is 10.6 Å². The van der Waals surface area contributed by atoms with Crippen LogP contribution in [0, 0.1) is 0 Å². The van der Waals surface area contributed by atoms with Gasteiger partial charge < -0.3 is 10.6 Å². The number of hydrogen-bond donors (Lipinski definition) is 2. The average Bonchev–Trinajstić information content (AvgIpc) is 3.25. The molecule has 2 aliphatic rings. The number of hydrogen-bond acceptors (Lipinski definition) is 2. The van der Waals surface area contributed by atoms with Crippen molar-refractivity contribution < 1.29 is 0 Å². The first-order valence-corrected chi connectivity index (χ1v) is 19.8. The third-order valence-electron chi connectivity index (χ3n) is 11.9. The molecule has 2 nitrogen and oxygen atoms in total. The Balaban J connectivity index is 0.972. The molecule has 0 bridgehead atoms. The Hall–Kier alpha value is -6.38. The standard InChI is InChI=1S/C53H44N2/c1-2-14-36(15-3-1)26-33-52(49-34-38-17-5-7-19-42(38)45-22-10-11-23-46(45)49)55-41-30-28-40(29-31-41)54-51-25-13-12-24-47(51)50-35-39-18-6-8-20-43(39)48-32-27-37-16-4-9-21-44(37)53(48)50/h1-2,4-14,16-25,27-32,34-35,47,51-52,54-55H,3,15,26,33H2. The lowest BCUT2D eigenvalue weighted by Gasteiger charge is -2.29. The van der Waals surface area contributed by atoms with Crippen LogP contribution >= 0.6 is 0 Å². The van der Waals surface area contributed by atoms with Gasteiger partial charge in [-0.1, -0.05) is 157 Å². The molecule has 0 amide bonds. The molecule has 10 rings (SSSR count). The zero-order valence-corrected chi connectivity index (χ0v) is 31.0. The van der Waals surface area contributed by atoms with Gasteiger partial charge >= 0.3 is 0 Å². The van der Waals surface area contributed by atoms with E-state index in [1.54, 1.807) is 0 Å². The number of fused-ring (bicyclic) bond motifs is 8. The van der Waals surface area contributed by atoms with Crippen molar-refractivity contribution in [2.75, 3.05) is 10.6 Å². The molecule has 3 atom stereocenters. The summed E-state index contributed by atoms with van der Waals surface area (Å²) >= 11 is 0. The summed E-state index contributed by atoms with van der Waals surface area (Å²) in [5.41, 5.74) is 6.50. The number of allylic oxidation sites excluding steroid dienone is 6. The Morgan fingerprint density at radius 3 is 1.98 bits per heavy atom. The molecule has 2 aliphatic carbocycles. The van der Waals surface area contributed by atoms with Crippen molar-refractivity contribution in [3.05, 3.63) is 205 Å². The molecule has 0 fully saturated rings. The third kappa shape index (κ3) is 6.38. The number of anilines is 2. The lowest BCUT2D eigenvalue weighted by Crippen LogP contribution is -2.26. The van der Waals surface area contributed by atoms with Crippen LogP contribution in [0.15, 0.2) is 194 Å². The molecule has 0 spiro atoms. The highest BCUT2D eigenvalue weighted by atomic mass is 14.9. The van der Waals surface area contributed by atoms with Crippen LogP contribution in [0.25, 0.3) is 53.9 Å². The summed E-state index contributed by atoms with van der Waals surface area (Å²) in [5.74, 6) is 0.162. The monoisotopic (exact) mass is 708 g/mol. The van der Waals surface area contributed by atoms with Gasteiger partial charge in [-0.05, 0) is 127 Å². The molecule has 2 N–H and O–H groups in total. The highest BCUT2D eigenvalue weighted by Gasteiger charge is 2.25. The van der Waals surface area contributed by atoms with Crippen molar-refractivity contribution in [2.45, 2.75) is 43.7 Å². The molecule has 8 aromatic carbocycles. The Morgan fingerprint density at radius 2 is 1.20 bits per heavy atom. The van der Waals surface area contributed by atoms with E-state index in [9.17, 15) is 0 Å². The molecular formula is C53H44N2. The maximum Gasteiger partial charge on any atom is 0.0551 e. The van der Waals surface area contributed by atoms with Crippen LogP contribution in [0.5, 0.6) is 0 Å². The molecule has 0 aromatic heterocycles. The second kappa shape index (κ2) is 14.5. The minimum atomic E-state index is 0.0988. The second-order valence-electron chi connectivity index (χ2n) is 15.2. The summed E-state index contributed by atoms with van der Waals surface area (Å²) in [4.78, 5) is 0. The van der Waals surface area contributed by atoms with E-state index in [2.05, 4.69) is 199 Å². The Bertz CT molecular complexity index is 2840. The smallest absolute Gasteiger partial charge is 0.0551 e. The Morgan fingerprint density at radius 1 is 0.545 bits per heavy atom. The second-order valence-corrected chi connectivity index (χ2v) is 15.2. The van der Waals surface area contributed by atoms with Crippen LogP contribution in [0.1, 0.15) is 48.8 Å². The normalized spacial score (nSPS) is 17.3. The Labute approximate surface area is 323 Å². The van der Waals surface area contributed by atoms with Gasteiger partial charge in [0.05, 0.1) is 12.1 Å². The zero-order chi connectivity index (χ0) is 36.6. The van der Waals surface area contributed by atoms with E-state index in [1.165, 1.54) is 70.6 Å². The van der Waals surface area contributed by atoms with Crippen LogP contribution in [-0.4, -0.2) is 6.04 Å². The van der Waals surface area contributed by atoms with Crippen molar-refractivity contribution in [2.24, 2.45) is 0 Å². The summed E-state index contributed by atoms with van der Waals surface area (Å²) in [6.45, 7) is 0. The van der Waals surface area contributed by atoms with Crippen LogP contribution in [0.4, 0.5) is 11.4 Å². The summed E-state index contributed by atoms with van der Waals surface area (Å²) in [5, 5.41) is 21.0. The van der Waals surface area contributed by atoms with E-state index in [4.69, 9.17) is 0 Å². The molecule has 3 unspecified atom stereocenters. The van der Waals surface area contributed by atoms with Gasteiger partial charge in [-0.15, -0.1) is 0 Å². The van der Waals surface area contributed by atoms with Crippen LogP contribution in [-0.2, 0) is 0 Å². The third-order valence-corrected chi connectivity index (χ3v) is 11.9.